The zero-order valence-corrected chi connectivity index (χ0v) is 14.4. The van der Waals surface area contributed by atoms with Crippen LogP contribution in [-0.4, -0.2) is 15.0 Å². The van der Waals surface area contributed by atoms with Crippen molar-refractivity contribution in [2.45, 2.75) is 30.9 Å². The lowest BCUT2D eigenvalue weighted by atomic mass is 10.2. The van der Waals surface area contributed by atoms with E-state index in [0.717, 1.165) is 26.1 Å². The number of hydrogen-bond acceptors (Lipinski definition) is 6. The summed E-state index contributed by atoms with van der Waals surface area (Å²) in [6.45, 7) is 6.15. The van der Waals surface area contributed by atoms with Crippen LogP contribution in [0, 0.1) is 20.8 Å². The van der Waals surface area contributed by atoms with E-state index in [1.807, 2.05) is 12.3 Å². The van der Waals surface area contributed by atoms with Gasteiger partial charge in [-0.25, -0.2) is 15.0 Å². The fourth-order valence-corrected chi connectivity index (χ4v) is 4.97. The molecular weight excluding hydrogens is 330 g/mol. The maximum atomic E-state index is 6.30. The van der Waals surface area contributed by atoms with Gasteiger partial charge in [-0.3, -0.25) is 0 Å². The average Bonchev–Trinajstić information content (AvgIpc) is 2.92. The number of aromatic nitrogens is 3. The fraction of sp³-hybridized carbons (Fsp3) is 0.308. The van der Waals surface area contributed by atoms with Gasteiger partial charge in [0.2, 0.25) is 0 Å². The molecule has 0 saturated heterocycles. The summed E-state index contributed by atoms with van der Waals surface area (Å²) in [5.41, 5.74) is 2.24. The summed E-state index contributed by atoms with van der Waals surface area (Å²) in [4.78, 5) is 15.7. The summed E-state index contributed by atoms with van der Waals surface area (Å²) in [6, 6.07) is 0. The van der Waals surface area contributed by atoms with Gasteiger partial charge in [0.1, 0.15) is 15.8 Å². The molecule has 0 bridgehead atoms. The first-order valence-electron chi connectivity index (χ1n) is 6.01. The van der Waals surface area contributed by atoms with Gasteiger partial charge in [0, 0.05) is 16.0 Å². The van der Waals surface area contributed by atoms with Gasteiger partial charge in [-0.05, 0) is 26.3 Å². The molecule has 0 aliphatic heterocycles. The van der Waals surface area contributed by atoms with E-state index in [2.05, 4.69) is 28.8 Å². The molecule has 3 aromatic rings. The topological polar surface area (TPSA) is 38.7 Å². The van der Waals surface area contributed by atoms with Gasteiger partial charge in [-0.1, -0.05) is 23.4 Å². The zero-order chi connectivity index (χ0) is 14.3. The summed E-state index contributed by atoms with van der Waals surface area (Å²) in [5.74, 6) is 1.46. The van der Waals surface area contributed by atoms with Gasteiger partial charge < -0.3 is 0 Å². The Balaban J connectivity index is 1.89. The minimum Gasteiger partial charge on any atom is -0.235 e. The number of thiophene rings is 1. The predicted octanol–water partition coefficient (Wildman–Crippen LogP) is 5.02. The van der Waals surface area contributed by atoms with Crippen LogP contribution in [0.25, 0.3) is 10.2 Å². The van der Waals surface area contributed by atoms with E-state index in [1.165, 1.54) is 10.4 Å². The standard InChI is InChI=1S/C13H12ClN3S3/c1-6-4-18-13(15-6)19-5-9-16-11(14)10-7(2)8(3)20-12(10)17-9/h4H,5H2,1-3H3. The van der Waals surface area contributed by atoms with E-state index in [9.17, 15) is 0 Å². The van der Waals surface area contributed by atoms with Crippen molar-refractivity contribution in [2.75, 3.05) is 0 Å². The molecule has 0 radical (unpaired) electrons. The molecule has 0 aromatic carbocycles. The van der Waals surface area contributed by atoms with Crippen LogP contribution >= 0.6 is 46.0 Å². The highest BCUT2D eigenvalue weighted by atomic mass is 35.5. The molecule has 0 saturated carbocycles. The smallest absolute Gasteiger partial charge is 0.150 e. The van der Waals surface area contributed by atoms with E-state index in [-0.39, 0.29) is 0 Å². The fourth-order valence-electron chi connectivity index (χ4n) is 1.83. The van der Waals surface area contributed by atoms with Gasteiger partial charge in [0.05, 0.1) is 11.1 Å². The Morgan fingerprint density at radius 2 is 2.00 bits per heavy atom. The molecule has 104 valence electrons. The molecule has 0 unspecified atom stereocenters. The second kappa shape index (κ2) is 5.60. The van der Waals surface area contributed by atoms with Crippen molar-refractivity contribution < 1.29 is 0 Å². The van der Waals surface area contributed by atoms with Gasteiger partial charge in [0.25, 0.3) is 0 Å². The first-order chi connectivity index (χ1) is 9.54. The Hall–Kier alpha value is -0.690. The summed E-state index contributed by atoms with van der Waals surface area (Å²) >= 11 is 11.3. The van der Waals surface area contributed by atoms with E-state index < -0.39 is 0 Å². The van der Waals surface area contributed by atoms with Gasteiger partial charge in [-0.15, -0.1) is 22.7 Å². The third-order valence-corrected chi connectivity index (χ3v) is 6.46. The SMILES string of the molecule is Cc1csc(SCc2nc(Cl)c3c(C)c(C)sc3n2)n1. The van der Waals surface area contributed by atoms with E-state index in [0.29, 0.717) is 10.9 Å². The number of hydrogen-bond donors (Lipinski definition) is 0. The van der Waals surface area contributed by atoms with Gasteiger partial charge >= 0.3 is 0 Å². The first kappa shape index (κ1) is 14.3. The molecule has 0 N–H and O–H groups in total. The number of fused-ring (bicyclic) bond motifs is 1. The molecule has 7 heteroatoms. The van der Waals surface area contributed by atoms with Crippen LogP contribution < -0.4 is 0 Å². The van der Waals surface area contributed by atoms with Crippen LogP contribution in [0.4, 0.5) is 0 Å². The third-order valence-electron chi connectivity index (χ3n) is 2.95. The molecule has 3 heterocycles. The Morgan fingerprint density at radius 3 is 2.70 bits per heavy atom. The Kier molecular flexibility index (Phi) is 3.99. The van der Waals surface area contributed by atoms with Crippen molar-refractivity contribution in [3.63, 3.8) is 0 Å². The van der Waals surface area contributed by atoms with Crippen molar-refractivity contribution in [3.8, 4) is 0 Å². The third kappa shape index (κ3) is 2.70. The number of nitrogens with zero attached hydrogens (tertiary/aromatic N) is 3. The number of rotatable bonds is 3. The lowest BCUT2D eigenvalue weighted by molar-refractivity contribution is 1.07. The highest BCUT2D eigenvalue weighted by Gasteiger charge is 2.13. The maximum absolute atomic E-state index is 6.30. The van der Waals surface area contributed by atoms with Gasteiger partial charge in [0.15, 0.2) is 4.34 Å². The maximum Gasteiger partial charge on any atom is 0.150 e. The van der Waals surface area contributed by atoms with Crippen LogP contribution in [0.15, 0.2) is 9.72 Å². The lowest BCUT2D eigenvalue weighted by Crippen LogP contribution is -1.93. The highest BCUT2D eigenvalue weighted by Crippen LogP contribution is 2.34. The normalized spacial score (nSPS) is 11.4. The number of thiazole rings is 1. The Labute approximate surface area is 134 Å². The van der Waals surface area contributed by atoms with Crippen molar-refractivity contribution in [3.05, 3.63) is 32.5 Å². The molecule has 0 atom stereocenters. The monoisotopic (exact) mass is 341 g/mol. The van der Waals surface area contributed by atoms with Crippen LogP contribution in [-0.2, 0) is 5.75 Å². The molecule has 3 nitrogen and oxygen atoms in total. The number of thioether (sulfide) groups is 1. The molecule has 0 amide bonds. The molecule has 20 heavy (non-hydrogen) atoms. The van der Waals surface area contributed by atoms with Crippen molar-refractivity contribution in [1.29, 1.82) is 0 Å². The predicted molar refractivity (Wildman–Crippen MR) is 88.3 cm³/mol. The minimum absolute atomic E-state index is 0.558. The van der Waals surface area contributed by atoms with Crippen molar-refractivity contribution in [1.82, 2.24) is 15.0 Å². The van der Waals surface area contributed by atoms with Gasteiger partial charge in [-0.2, -0.15) is 0 Å². The number of halogens is 1. The summed E-state index contributed by atoms with van der Waals surface area (Å²) in [6.07, 6.45) is 0. The van der Waals surface area contributed by atoms with E-state index in [1.54, 1.807) is 34.4 Å². The molecule has 0 aliphatic rings. The molecule has 0 fully saturated rings. The average molecular weight is 342 g/mol. The summed E-state index contributed by atoms with van der Waals surface area (Å²) in [7, 11) is 0. The molecular formula is C13H12ClN3S3. The number of aryl methyl sites for hydroxylation is 3. The van der Waals surface area contributed by atoms with Crippen molar-refractivity contribution in [2.24, 2.45) is 0 Å². The minimum atomic E-state index is 0.558. The highest BCUT2D eigenvalue weighted by molar-refractivity contribution is 8.00. The quantitative estimate of drug-likeness (QED) is 0.495. The molecule has 0 spiro atoms. The van der Waals surface area contributed by atoms with Crippen LogP contribution in [0.2, 0.25) is 5.15 Å². The van der Waals surface area contributed by atoms with Crippen LogP contribution in [0.1, 0.15) is 22.0 Å². The van der Waals surface area contributed by atoms with E-state index in [4.69, 9.17) is 11.6 Å². The molecule has 0 aliphatic carbocycles. The second-order valence-corrected chi connectivity index (χ2v) is 8.08. The Bertz CT molecular complexity index is 779. The molecule has 3 aromatic heterocycles. The first-order valence-corrected chi connectivity index (χ1v) is 9.07. The lowest BCUT2D eigenvalue weighted by Gasteiger charge is -2.01. The van der Waals surface area contributed by atoms with Crippen LogP contribution in [0.3, 0.4) is 0 Å². The Morgan fingerprint density at radius 1 is 1.20 bits per heavy atom. The van der Waals surface area contributed by atoms with E-state index >= 15 is 0 Å². The largest absolute Gasteiger partial charge is 0.235 e. The van der Waals surface area contributed by atoms with Crippen LogP contribution in [0.5, 0.6) is 0 Å². The summed E-state index contributed by atoms with van der Waals surface area (Å²) < 4.78 is 1.04. The second-order valence-electron chi connectivity index (χ2n) is 4.44. The van der Waals surface area contributed by atoms with Crippen molar-refractivity contribution >= 4 is 56.3 Å². The summed E-state index contributed by atoms with van der Waals surface area (Å²) in [5, 5.41) is 3.60. The zero-order valence-electron chi connectivity index (χ0n) is 11.2. The molecule has 3 rings (SSSR count).